The fourth-order valence-electron chi connectivity index (χ4n) is 4.01. The van der Waals surface area contributed by atoms with E-state index >= 15 is 0 Å². The minimum absolute atomic E-state index is 0.0334. The maximum Gasteiger partial charge on any atom is 0.339 e. The molecule has 2 aromatic carbocycles. The molecule has 0 saturated carbocycles. The number of para-hydroxylation sites is 1. The van der Waals surface area contributed by atoms with Gasteiger partial charge in [0.05, 0.1) is 42.1 Å². The standard InChI is InChI=1S/C25H22N2O7/c1-32-23(29)14-10-11-17(24(30)33-2)20(12-14)27-21(28)13-34-25(31)22-15-6-3-4-8-18(15)26-19-9-5-7-16(19)22/h3-4,6,8,10-12H,5,7,9,13H2,1-2H3,(H,27,28). The van der Waals surface area contributed by atoms with Crippen molar-refractivity contribution in [2.45, 2.75) is 19.3 Å². The average molecular weight is 462 g/mol. The van der Waals surface area contributed by atoms with Gasteiger partial charge in [-0.15, -0.1) is 0 Å². The SMILES string of the molecule is COC(=O)c1ccc(C(=O)OC)c(NC(=O)COC(=O)c2c3c(nc4ccccc24)CCC3)c1. The van der Waals surface area contributed by atoms with Gasteiger partial charge in [-0.3, -0.25) is 9.78 Å². The molecule has 0 bridgehead atoms. The number of benzene rings is 2. The third-order valence-electron chi connectivity index (χ3n) is 5.58. The van der Waals surface area contributed by atoms with Crippen LogP contribution in [-0.4, -0.2) is 49.6 Å². The van der Waals surface area contributed by atoms with Crippen LogP contribution in [0.2, 0.25) is 0 Å². The van der Waals surface area contributed by atoms with Crippen LogP contribution in [-0.2, 0) is 31.8 Å². The number of fused-ring (bicyclic) bond motifs is 2. The lowest BCUT2D eigenvalue weighted by Crippen LogP contribution is -2.23. The van der Waals surface area contributed by atoms with Gasteiger partial charge in [-0.1, -0.05) is 18.2 Å². The molecule has 174 valence electrons. The van der Waals surface area contributed by atoms with E-state index in [1.54, 1.807) is 6.07 Å². The lowest BCUT2D eigenvalue weighted by Gasteiger charge is -2.13. The maximum atomic E-state index is 13.0. The summed E-state index contributed by atoms with van der Waals surface area (Å²) in [5.74, 6) is -2.65. The number of pyridine rings is 1. The number of hydrogen-bond donors (Lipinski definition) is 1. The molecule has 0 saturated heterocycles. The largest absolute Gasteiger partial charge is 0.465 e. The first kappa shape index (κ1) is 22.9. The summed E-state index contributed by atoms with van der Waals surface area (Å²) >= 11 is 0. The second-order valence-electron chi connectivity index (χ2n) is 7.65. The fraction of sp³-hybridized carbons (Fsp3) is 0.240. The van der Waals surface area contributed by atoms with E-state index in [-0.39, 0.29) is 16.8 Å². The Morgan fingerprint density at radius 2 is 1.71 bits per heavy atom. The molecule has 0 atom stereocenters. The topological polar surface area (TPSA) is 121 Å². The van der Waals surface area contributed by atoms with E-state index in [0.29, 0.717) is 22.9 Å². The monoisotopic (exact) mass is 462 g/mol. The van der Waals surface area contributed by atoms with E-state index in [9.17, 15) is 19.2 Å². The summed E-state index contributed by atoms with van der Waals surface area (Å²) in [7, 11) is 2.41. The van der Waals surface area contributed by atoms with Crippen LogP contribution in [0.5, 0.6) is 0 Å². The summed E-state index contributed by atoms with van der Waals surface area (Å²) in [4.78, 5) is 54.2. The van der Waals surface area contributed by atoms with Gasteiger partial charge in [-0.2, -0.15) is 0 Å². The van der Waals surface area contributed by atoms with Crippen molar-refractivity contribution >= 4 is 40.4 Å². The molecule has 1 aromatic heterocycles. The molecule has 1 aliphatic rings. The Morgan fingerprint density at radius 1 is 0.941 bits per heavy atom. The third-order valence-corrected chi connectivity index (χ3v) is 5.58. The van der Waals surface area contributed by atoms with E-state index in [1.165, 1.54) is 32.4 Å². The number of carbonyl (C=O) groups excluding carboxylic acids is 4. The van der Waals surface area contributed by atoms with Gasteiger partial charge in [0.15, 0.2) is 6.61 Å². The lowest BCUT2D eigenvalue weighted by molar-refractivity contribution is -0.119. The van der Waals surface area contributed by atoms with Crippen LogP contribution >= 0.6 is 0 Å². The van der Waals surface area contributed by atoms with Gasteiger partial charge in [0, 0.05) is 11.1 Å². The zero-order valence-corrected chi connectivity index (χ0v) is 18.7. The minimum atomic E-state index is -0.706. The molecule has 1 heterocycles. The average Bonchev–Trinajstić information content (AvgIpc) is 3.32. The number of aryl methyl sites for hydroxylation is 1. The number of carbonyl (C=O) groups is 4. The Labute approximate surface area is 195 Å². The van der Waals surface area contributed by atoms with E-state index in [4.69, 9.17) is 9.47 Å². The molecule has 1 aliphatic carbocycles. The number of methoxy groups -OCH3 is 2. The molecular formula is C25H22N2O7. The summed E-state index contributed by atoms with van der Waals surface area (Å²) in [6.45, 7) is -0.590. The second-order valence-corrected chi connectivity index (χ2v) is 7.65. The summed E-state index contributed by atoms with van der Waals surface area (Å²) in [5, 5.41) is 3.18. The van der Waals surface area contributed by atoms with Gasteiger partial charge >= 0.3 is 17.9 Å². The van der Waals surface area contributed by atoms with Crippen molar-refractivity contribution in [2.75, 3.05) is 26.1 Å². The molecule has 1 amide bonds. The highest BCUT2D eigenvalue weighted by Crippen LogP contribution is 2.30. The van der Waals surface area contributed by atoms with Crippen LogP contribution in [0.1, 0.15) is 48.8 Å². The van der Waals surface area contributed by atoms with E-state index in [2.05, 4.69) is 15.0 Å². The zero-order valence-electron chi connectivity index (χ0n) is 18.7. The highest BCUT2D eigenvalue weighted by molar-refractivity contribution is 6.07. The van der Waals surface area contributed by atoms with Crippen LogP contribution in [0, 0.1) is 0 Å². The van der Waals surface area contributed by atoms with Gasteiger partial charge in [-0.25, -0.2) is 14.4 Å². The van der Waals surface area contributed by atoms with Crippen molar-refractivity contribution < 1.29 is 33.4 Å². The summed E-state index contributed by atoms with van der Waals surface area (Å²) in [6, 6.07) is 11.3. The van der Waals surface area contributed by atoms with Crippen LogP contribution in [0.3, 0.4) is 0 Å². The van der Waals surface area contributed by atoms with Crippen molar-refractivity contribution in [3.8, 4) is 0 Å². The highest BCUT2D eigenvalue weighted by atomic mass is 16.5. The Bertz CT molecular complexity index is 1320. The summed E-state index contributed by atoms with van der Waals surface area (Å²) in [5.41, 5.74) is 3.04. The Hall–Kier alpha value is -4.27. The van der Waals surface area contributed by atoms with E-state index in [0.717, 1.165) is 24.1 Å². The number of aromatic nitrogens is 1. The number of esters is 3. The number of amides is 1. The van der Waals surface area contributed by atoms with Crippen LogP contribution in [0.15, 0.2) is 42.5 Å². The minimum Gasteiger partial charge on any atom is -0.465 e. The number of hydrogen-bond acceptors (Lipinski definition) is 8. The quantitative estimate of drug-likeness (QED) is 0.438. The highest BCUT2D eigenvalue weighted by Gasteiger charge is 2.25. The molecule has 34 heavy (non-hydrogen) atoms. The van der Waals surface area contributed by atoms with Crippen molar-refractivity contribution in [2.24, 2.45) is 0 Å². The van der Waals surface area contributed by atoms with Crippen molar-refractivity contribution in [3.63, 3.8) is 0 Å². The first-order valence-electron chi connectivity index (χ1n) is 10.6. The number of anilines is 1. The molecule has 0 unspecified atom stereocenters. The molecule has 3 aromatic rings. The number of nitrogens with one attached hydrogen (secondary N) is 1. The number of nitrogens with zero attached hydrogens (tertiary/aromatic N) is 1. The lowest BCUT2D eigenvalue weighted by atomic mass is 10.0. The number of rotatable bonds is 6. The van der Waals surface area contributed by atoms with Crippen molar-refractivity contribution in [1.82, 2.24) is 4.98 Å². The molecule has 4 rings (SSSR count). The van der Waals surface area contributed by atoms with Crippen LogP contribution in [0.4, 0.5) is 5.69 Å². The molecule has 9 heteroatoms. The Morgan fingerprint density at radius 3 is 2.47 bits per heavy atom. The molecular weight excluding hydrogens is 440 g/mol. The normalized spacial score (nSPS) is 12.1. The first-order chi connectivity index (χ1) is 16.4. The zero-order chi connectivity index (χ0) is 24.2. The molecule has 0 aliphatic heterocycles. The van der Waals surface area contributed by atoms with Crippen molar-refractivity contribution in [3.05, 3.63) is 70.4 Å². The van der Waals surface area contributed by atoms with Crippen LogP contribution < -0.4 is 5.32 Å². The van der Waals surface area contributed by atoms with Crippen LogP contribution in [0.25, 0.3) is 10.9 Å². The van der Waals surface area contributed by atoms with Gasteiger partial charge in [0.2, 0.25) is 0 Å². The molecule has 0 spiro atoms. The van der Waals surface area contributed by atoms with Gasteiger partial charge < -0.3 is 19.5 Å². The molecule has 1 N–H and O–H groups in total. The second kappa shape index (κ2) is 9.70. The Balaban J connectivity index is 1.54. The van der Waals surface area contributed by atoms with Crippen molar-refractivity contribution in [1.29, 1.82) is 0 Å². The molecule has 0 radical (unpaired) electrons. The Kier molecular flexibility index (Phi) is 6.53. The van der Waals surface area contributed by atoms with Gasteiger partial charge in [0.1, 0.15) is 0 Å². The first-order valence-corrected chi connectivity index (χ1v) is 10.6. The van der Waals surface area contributed by atoms with E-state index in [1.807, 2.05) is 18.2 Å². The number of ether oxygens (including phenoxy) is 3. The van der Waals surface area contributed by atoms with Gasteiger partial charge in [0.25, 0.3) is 5.91 Å². The van der Waals surface area contributed by atoms with Gasteiger partial charge in [-0.05, 0) is 49.1 Å². The summed E-state index contributed by atoms with van der Waals surface area (Å²) < 4.78 is 14.7. The fourth-order valence-corrected chi connectivity index (χ4v) is 4.01. The summed E-state index contributed by atoms with van der Waals surface area (Å²) in [6.07, 6.45) is 2.40. The molecule has 0 fully saturated rings. The predicted octanol–water partition coefficient (Wildman–Crippen LogP) is 3.09. The predicted molar refractivity (Wildman–Crippen MR) is 122 cm³/mol. The van der Waals surface area contributed by atoms with E-state index < -0.39 is 30.4 Å². The smallest absolute Gasteiger partial charge is 0.339 e. The third kappa shape index (κ3) is 4.45. The molecule has 9 nitrogen and oxygen atoms in total. The maximum absolute atomic E-state index is 13.0.